The highest BCUT2D eigenvalue weighted by molar-refractivity contribution is 6.05. The van der Waals surface area contributed by atoms with E-state index in [-0.39, 0.29) is 42.8 Å². The zero-order valence-electron chi connectivity index (χ0n) is 14.3. The van der Waals surface area contributed by atoms with Crippen LogP contribution in [0.4, 0.5) is 5.69 Å². The third-order valence-corrected chi connectivity index (χ3v) is 5.04. The van der Waals surface area contributed by atoms with E-state index in [4.69, 9.17) is 9.47 Å². The number of nitrogens with zero attached hydrogens (tertiary/aromatic N) is 1. The number of carbonyl (C=O) groups is 3. The first-order chi connectivity index (χ1) is 12.6. The summed E-state index contributed by atoms with van der Waals surface area (Å²) in [7, 11) is 0. The van der Waals surface area contributed by atoms with Crippen molar-refractivity contribution in [1.29, 1.82) is 0 Å². The number of hydrogen-bond acceptors (Lipinski definition) is 5. The van der Waals surface area contributed by atoms with Gasteiger partial charge in [0.25, 0.3) is 0 Å². The number of nitrogens with one attached hydrogen (secondary N) is 1. The molecule has 2 atom stereocenters. The molecule has 0 saturated carbocycles. The van der Waals surface area contributed by atoms with Gasteiger partial charge in [-0.2, -0.15) is 0 Å². The zero-order valence-corrected chi connectivity index (χ0v) is 14.3. The molecule has 1 aromatic rings. The van der Waals surface area contributed by atoms with Gasteiger partial charge in [-0.05, 0) is 31.4 Å². The molecular formula is C19H20N2O5. The predicted molar refractivity (Wildman–Crippen MR) is 92.5 cm³/mol. The van der Waals surface area contributed by atoms with E-state index in [2.05, 4.69) is 5.32 Å². The molecule has 7 heteroatoms. The molecule has 1 fully saturated rings. The van der Waals surface area contributed by atoms with Gasteiger partial charge in [0.15, 0.2) is 11.5 Å². The number of amides is 3. The SMILES string of the molecule is O=C(CCCN1C(=O)C2CC=CCC2C1=O)Nc1ccc2c(c1)OCO2. The standard InChI is InChI=1S/C19H20N2O5/c22-17(20-12-7-8-15-16(10-12)26-11-25-15)6-3-9-21-18(23)13-4-1-2-5-14(13)19(21)24/h1-2,7-8,10,13-14H,3-6,9,11H2,(H,20,22). The number of hydrogen-bond donors (Lipinski definition) is 1. The van der Waals surface area contributed by atoms with Crippen molar-refractivity contribution in [2.75, 3.05) is 18.7 Å². The molecule has 7 nitrogen and oxygen atoms in total. The lowest BCUT2D eigenvalue weighted by Crippen LogP contribution is -2.32. The molecule has 0 bridgehead atoms. The molecule has 26 heavy (non-hydrogen) atoms. The summed E-state index contributed by atoms with van der Waals surface area (Å²) in [6, 6.07) is 5.21. The third-order valence-electron chi connectivity index (χ3n) is 5.04. The van der Waals surface area contributed by atoms with Crippen LogP contribution in [0.1, 0.15) is 25.7 Å². The van der Waals surface area contributed by atoms with E-state index in [1.165, 1.54) is 4.90 Å². The van der Waals surface area contributed by atoms with Crippen LogP contribution in [0.2, 0.25) is 0 Å². The molecule has 136 valence electrons. The Balaban J connectivity index is 1.27. The Morgan fingerprint density at radius 3 is 2.50 bits per heavy atom. The van der Waals surface area contributed by atoms with Crippen LogP contribution in [0.25, 0.3) is 0 Å². The molecule has 3 aliphatic rings. The van der Waals surface area contributed by atoms with E-state index < -0.39 is 0 Å². The van der Waals surface area contributed by atoms with Crippen LogP contribution in [0.3, 0.4) is 0 Å². The van der Waals surface area contributed by atoms with Crippen molar-refractivity contribution in [3.63, 3.8) is 0 Å². The number of allylic oxidation sites excluding steroid dienone is 2. The van der Waals surface area contributed by atoms with Crippen LogP contribution in [-0.4, -0.2) is 36.0 Å². The molecule has 0 aromatic heterocycles. The molecule has 1 saturated heterocycles. The van der Waals surface area contributed by atoms with Crippen molar-refractivity contribution < 1.29 is 23.9 Å². The monoisotopic (exact) mass is 356 g/mol. The summed E-state index contributed by atoms with van der Waals surface area (Å²) in [6.07, 6.45) is 5.88. The van der Waals surface area contributed by atoms with Crippen molar-refractivity contribution >= 4 is 23.4 Å². The number of benzene rings is 1. The van der Waals surface area contributed by atoms with Gasteiger partial charge in [-0.3, -0.25) is 19.3 Å². The largest absolute Gasteiger partial charge is 0.454 e. The maximum Gasteiger partial charge on any atom is 0.233 e. The summed E-state index contributed by atoms with van der Waals surface area (Å²) in [5.41, 5.74) is 0.629. The van der Waals surface area contributed by atoms with E-state index >= 15 is 0 Å². The number of carbonyl (C=O) groups excluding carboxylic acids is 3. The minimum Gasteiger partial charge on any atom is -0.454 e. The number of rotatable bonds is 5. The third kappa shape index (κ3) is 3.05. The van der Waals surface area contributed by atoms with Gasteiger partial charge in [-0.1, -0.05) is 12.2 Å². The molecule has 3 amide bonds. The first-order valence-electron chi connectivity index (χ1n) is 8.83. The lowest BCUT2D eigenvalue weighted by Gasteiger charge is -2.14. The van der Waals surface area contributed by atoms with Crippen LogP contribution in [0.5, 0.6) is 11.5 Å². The summed E-state index contributed by atoms with van der Waals surface area (Å²) in [5, 5.41) is 2.80. The van der Waals surface area contributed by atoms with Crippen LogP contribution in [-0.2, 0) is 14.4 Å². The normalized spacial score (nSPS) is 23.3. The molecule has 1 N–H and O–H groups in total. The summed E-state index contributed by atoms with van der Waals surface area (Å²) in [5.74, 6) is 0.477. The number of imide groups is 1. The minimum absolute atomic E-state index is 0.0967. The maximum atomic E-state index is 12.4. The second-order valence-electron chi connectivity index (χ2n) is 6.70. The smallest absolute Gasteiger partial charge is 0.233 e. The predicted octanol–water partition coefficient (Wildman–Crippen LogP) is 2.09. The second kappa shape index (κ2) is 6.82. The fourth-order valence-corrected chi connectivity index (χ4v) is 3.68. The number of likely N-dealkylation sites (tertiary alicyclic amines) is 1. The zero-order chi connectivity index (χ0) is 18.1. The van der Waals surface area contributed by atoms with E-state index in [9.17, 15) is 14.4 Å². The molecule has 2 aliphatic heterocycles. The fourth-order valence-electron chi connectivity index (χ4n) is 3.68. The Hall–Kier alpha value is -2.83. The van der Waals surface area contributed by atoms with Gasteiger partial charge in [0.05, 0.1) is 11.8 Å². The van der Waals surface area contributed by atoms with Crippen LogP contribution < -0.4 is 14.8 Å². The Kier molecular flexibility index (Phi) is 4.36. The highest BCUT2D eigenvalue weighted by Gasteiger charge is 2.46. The highest BCUT2D eigenvalue weighted by Crippen LogP contribution is 2.35. The van der Waals surface area contributed by atoms with Crippen LogP contribution in [0.15, 0.2) is 30.4 Å². The van der Waals surface area contributed by atoms with Crippen LogP contribution >= 0.6 is 0 Å². The topological polar surface area (TPSA) is 84.9 Å². The minimum atomic E-state index is -0.213. The number of ether oxygens (including phenoxy) is 2. The van der Waals surface area contributed by atoms with Crippen molar-refractivity contribution in [3.05, 3.63) is 30.4 Å². The first-order valence-corrected chi connectivity index (χ1v) is 8.83. The maximum absolute atomic E-state index is 12.4. The van der Waals surface area contributed by atoms with Gasteiger partial charge < -0.3 is 14.8 Å². The molecule has 4 rings (SSSR count). The number of anilines is 1. The summed E-state index contributed by atoms with van der Waals surface area (Å²) < 4.78 is 10.5. The number of fused-ring (bicyclic) bond motifs is 2. The van der Waals surface area contributed by atoms with Crippen molar-refractivity contribution in [2.45, 2.75) is 25.7 Å². The lowest BCUT2D eigenvalue weighted by atomic mass is 9.85. The summed E-state index contributed by atoms with van der Waals surface area (Å²) >= 11 is 0. The van der Waals surface area contributed by atoms with E-state index in [1.54, 1.807) is 18.2 Å². The van der Waals surface area contributed by atoms with Crippen molar-refractivity contribution in [1.82, 2.24) is 4.90 Å². The average molecular weight is 356 g/mol. The summed E-state index contributed by atoms with van der Waals surface area (Å²) in [4.78, 5) is 38.2. The van der Waals surface area contributed by atoms with Crippen molar-refractivity contribution in [2.24, 2.45) is 11.8 Å². The molecule has 2 heterocycles. The van der Waals surface area contributed by atoms with E-state index in [0.717, 1.165) is 0 Å². The van der Waals surface area contributed by atoms with E-state index in [0.29, 0.717) is 43.0 Å². The Bertz CT molecular complexity index is 762. The second-order valence-corrected chi connectivity index (χ2v) is 6.70. The Morgan fingerprint density at radius 2 is 1.77 bits per heavy atom. The quantitative estimate of drug-likeness (QED) is 0.645. The van der Waals surface area contributed by atoms with Gasteiger partial charge in [-0.15, -0.1) is 0 Å². The molecule has 1 aliphatic carbocycles. The van der Waals surface area contributed by atoms with Gasteiger partial charge in [0.1, 0.15) is 0 Å². The lowest BCUT2D eigenvalue weighted by molar-refractivity contribution is -0.140. The molecule has 0 spiro atoms. The van der Waals surface area contributed by atoms with Crippen LogP contribution in [0, 0.1) is 11.8 Å². The van der Waals surface area contributed by atoms with Gasteiger partial charge in [0.2, 0.25) is 24.5 Å². The average Bonchev–Trinajstić information content (AvgIpc) is 3.20. The summed E-state index contributed by atoms with van der Waals surface area (Å²) in [6.45, 7) is 0.474. The Labute approximate surface area is 150 Å². The van der Waals surface area contributed by atoms with Gasteiger partial charge in [-0.25, -0.2) is 0 Å². The molecular weight excluding hydrogens is 336 g/mol. The highest BCUT2D eigenvalue weighted by atomic mass is 16.7. The van der Waals surface area contributed by atoms with E-state index in [1.807, 2.05) is 12.2 Å². The molecule has 0 radical (unpaired) electrons. The first kappa shape index (κ1) is 16.6. The molecule has 1 aromatic carbocycles. The van der Waals surface area contributed by atoms with Gasteiger partial charge >= 0.3 is 0 Å². The van der Waals surface area contributed by atoms with Crippen molar-refractivity contribution in [3.8, 4) is 11.5 Å². The Morgan fingerprint density at radius 1 is 1.08 bits per heavy atom. The fraction of sp³-hybridized carbons (Fsp3) is 0.421. The van der Waals surface area contributed by atoms with Gasteiger partial charge in [0, 0.05) is 24.7 Å². The molecule has 2 unspecified atom stereocenters.